The zero-order valence-corrected chi connectivity index (χ0v) is 12.0. The zero-order valence-electron chi connectivity index (χ0n) is 11.2. The average molecular weight is 297 g/mol. The van der Waals surface area contributed by atoms with Gasteiger partial charge in [0.25, 0.3) is 5.56 Å². The number of thioether (sulfide) groups is 1. The van der Waals surface area contributed by atoms with Crippen LogP contribution in [0.25, 0.3) is 11.2 Å². The van der Waals surface area contributed by atoms with Crippen LogP contribution in [0, 0.1) is 0 Å². The Balaban J connectivity index is 2.69. The van der Waals surface area contributed by atoms with E-state index in [0.717, 1.165) is 18.2 Å². The molecular weight excluding hydrogens is 282 g/mol. The van der Waals surface area contributed by atoms with Crippen molar-refractivity contribution in [1.82, 2.24) is 19.1 Å². The van der Waals surface area contributed by atoms with Crippen LogP contribution < -0.4 is 17.0 Å². The summed E-state index contributed by atoms with van der Waals surface area (Å²) in [6.07, 6.45) is 0.790. The van der Waals surface area contributed by atoms with Crippen molar-refractivity contribution in [2.24, 2.45) is 12.8 Å². The second-order valence-electron chi connectivity index (χ2n) is 4.29. The van der Waals surface area contributed by atoms with Gasteiger partial charge in [-0.15, -0.1) is 0 Å². The summed E-state index contributed by atoms with van der Waals surface area (Å²) in [4.78, 5) is 41.0. The molecule has 0 saturated carbocycles. The molecule has 2 heterocycles. The smallest absolute Gasteiger partial charge is 0.329 e. The molecule has 0 bridgehead atoms. The fourth-order valence-electron chi connectivity index (χ4n) is 1.89. The molecule has 108 valence electrons. The quantitative estimate of drug-likeness (QED) is 0.716. The number of amides is 1. The van der Waals surface area contributed by atoms with Gasteiger partial charge in [0.1, 0.15) is 0 Å². The Bertz CT molecular complexity index is 773. The largest absolute Gasteiger partial charge is 0.369 e. The zero-order chi connectivity index (χ0) is 14.9. The summed E-state index contributed by atoms with van der Waals surface area (Å²) in [6, 6.07) is 0. The van der Waals surface area contributed by atoms with Crippen molar-refractivity contribution in [3.8, 4) is 0 Å². The number of H-pyrrole nitrogens is 1. The third-order valence-corrected chi connectivity index (χ3v) is 3.76. The number of nitrogens with one attached hydrogen (secondary N) is 1. The predicted octanol–water partition coefficient (Wildman–Crippen LogP) is -0.589. The number of imidazole rings is 1. The van der Waals surface area contributed by atoms with E-state index in [1.54, 1.807) is 4.57 Å². The average Bonchev–Trinajstić information content (AvgIpc) is 2.74. The number of aromatic amines is 1. The highest BCUT2D eigenvalue weighted by Gasteiger charge is 2.17. The summed E-state index contributed by atoms with van der Waals surface area (Å²) in [5.74, 6) is -0.397. The number of carbonyl (C=O) groups excluding carboxylic acids is 1. The molecule has 1 amide bonds. The number of nitrogens with zero attached hydrogens (tertiary/aromatic N) is 3. The second kappa shape index (κ2) is 5.53. The lowest BCUT2D eigenvalue weighted by Gasteiger charge is -2.05. The monoisotopic (exact) mass is 297 g/mol. The maximum absolute atomic E-state index is 12.0. The highest BCUT2D eigenvalue weighted by atomic mass is 32.2. The second-order valence-corrected chi connectivity index (χ2v) is 5.23. The van der Waals surface area contributed by atoms with Crippen LogP contribution in [0.1, 0.15) is 13.3 Å². The normalized spacial score (nSPS) is 11.1. The SMILES string of the molecule is CCCn1c(SCC(N)=O)nc2c1c(=O)[nH]c(=O)n2C. The number of aromatic nitrogens is 4. The lowest BCUT2D eigenvalue weighted by molar-refractivity contribution is -0.115. The first kappa shape index (κ1) is 14.4. The molecule has 8 nitrogen and oxygen atoms in total. The standard InChI is InChI=1S/C11H15N5O3S/c1-3-4-16-7-8(13-11(16)20-5-6(12)17)15(2)10(19)14-9(7)18/h3-5H2,1-2H3,(H2,12,17)(H,14,18,19). The van der Waals surface area contributed by atoms with Gasteiger partial charge in [0.05, 0.1) is 5.75 Å². The molecule has 2 rings (SSSR count). The summed E-state index contributed by atoms with van der Waals surface area (Å²) < 4.78 is 2.98. The third-order valence-electron chi connectivity index (χ3n) is 2.76. The van der Waals surface area contributed by atoms with E-state index >= 15 is 0 Å². The molecule has 0 aliphatic carbocycles. The number of hydrogen-bond donors (Lipinski definition) is 2. The van der Waals surface area contributed by atoms with Crippen LogP contribution in [0.4, 0.5) is 0 Å². The minimum absolute atomic E-state index is 0.0683. The van der Waals surface area contributed by atoms with Gasteiger partial charge in [0, 0.05) is 13.6 Å². The van der Waals surface area contributed by atoms with Crippen molar-refractivity contribution in [3.63, 3.8) is 0 Å². The third kappa shape index (κ3) is 2.48. The molecule has 0 fully saturated rings. The maximum Gasteiger partial charge on any atom is 0.329 e. The maximum atomic E-state index is 12.0. The van der Waals surface area contributed by atoms with Crippen molar-refractivity contribution >= 4 is 28.8 Å². The van der Waals surface area contributed by atoms with Crippen LogP contribution >= 0.6 is 11.8 Å². The number of carbonyl (C=O) groups is 1. The van der Waals surface area contributed by atoms with Crippen LogP contribution in [0.5, 0.6) is 0 Å². The van der Waals surface area contributed by atoms with Gasteiger partial charge in [-0.2, -0.15) is 0 Å². The summed E-state index contributed by atoms with van der Waals surface area (Å²) in [5.41, 5.74) is 4.77. The summed E-state index contributed by atoms with van der Waals surface area (Å²) >= 11 is 1.15. The van der Waals surface area contributed by atoms with Crippen molar-refractivity contribution in [1.29, 1.82) is 0 Å². The van der Waals surface area contributed by atoms with E-state index in [1.807, 2.05) is 6.92 Å². The van der Waals surface area contributed by atoms with Gasteiger partial charge in [-0.1, -0.05) is 18.7 Å². The van der Waals surface area contributed by atoms with Gasteiger partial charge >= 0.3 is 5.69 Å². The first-order chi connectivity index (χ1) is 9.45. The Hall–Kier alpha value is -2.03. The fourth-order valence-corrected chi connectivity index (χ4v) is 2.65. The molecule has 0 saturated heterocycles. The molecule has 0 atom stereocenters. The lowest BCUT2D eigenvalue weighted by Crippen LogP contribution is -2.29. The molecule has 0 aliphatic rings. The van der Waals surface area contributed by atoms with Crippen LogP contribution in [-0.4, -0.2) is 30.8 Å². The number of nitrogens with two attached hydrogens (primary N) is 1. The van der Waals surface area contributed by atoms with Crippen LogP contribution in [0.15, 0.2) is 14.7 Å². The minimum Gasteiger partial charge on any atom is -0.369 e. The van der Waals surface area contributed by atoms with Crippen LogP contribution in [-0.2, 0) is 18.4 Å². The Morgan fingerprint density at radius 1 is 1.45 bits per heavy atom. The Kier molecular flexibility index (Phi) is 3.98. The van der Waals surface area contributed by atoms with Gasteiger partial charge in [-0.05, 0) is 6.42 Å². The summed E-state index contributed by atoms with van der Waals surface area (Å²) in [6.45, 7) is 2.53. The molecule has 2 aromatic heterocycles. The van der Waals surface area contributed by atoms with Gasteiger partial charge in [-0.25, -0.2) is 9.78 Å². The number of rotatable bonds is 5. The van der Waals surface area contributed by atoms with E-state index in [-0.39, 0.29) is 5.75 Å². The predicted molar refractivity (Wildman–Crippen MR) is 75.8 cm³/mol. The molecule has 9 heteroatoms. The van der Waals surface area contributed by atoms with E-state index in [0.29, 0.717) is 22.9 Å². The van der Waals surface area contributed by atoms with Crippen molar-refractivity contribution in [3.05, 3.63) is 20.8 Å². The van der Waals surface area contributed by atoms with E-state index in [2.05, 4.69) is 9.97 Å². The Labute approximate surface area is 118 Å². The van der Waals surface area contributed by atoms with Crippen molar-refractivity contribution in [2.75, 3.05) is 5.75 Å². The van der Waals surface area contributed by atoms with Crippen LogP contribution in [0.2, 0.25) is 0 Å². The molecule has 0 aromatic carbocycles. The van der Waals surface area contributed by atoms with Gasteiger partial charge in [0.2, 0.25) is 5.91 Å². The fraction of sp³-hybridized carbons (Fsp3) is 0.455. The molecule has 0 radical (unpaired) electrons. The molecule has 0 unspecified atom stereocenters. The Morgan fingerprint density at radius 3 is 2.75 bits per heavy atom. The number of hydrogen-bond acceptors (Lipinski definition) is 5. The first-order valence-corrected chi connectivity index (χ1v) is 7.05. The molecule has 3 N–H and O–H groups in total. The van der Waals surface area contributed by atoms with Gasteiger partial charge in [0.15, 0.2) is 16.3 Å². The van der Waals surface area contributed by atoms with Gasteiger partial charge in [-0.3, -0.25) is 19.1 Å². The highest BCUT2D eigenvalue weighted by Crippen LogP contribution is 2.21. The number of fused-ring (bicyclic) bond motifs is 1. The molecule has 0 aliphatic heterocycles. The van der Waals surface area contributed by atoms with E-state index < -0.39 is 17.2 Å². The van der Waals surface area contributed by atoms with E-state index in [1.165, 1.54) is 11.6 Å². The van der Waals surface area contributed by atoms with Crippen LogP contribution in [0.3, 0.4) is 0 Å². The topological polar surface area (TPSA) is 116 Å². The molecule has 0 spiro atoms. The van der Waals surface area contributed by atoms with Gasteiger partial charge < -0.3 is 10.3 Å². The number of aryl methyl sites for hydroxylation is 2. The number of primary amides is 1. The Morgan fingerprint density at radius 2 is 2.15 bits per heavy atom. The minimum atomic E-state index is -0.518. The first-order valence-electron chi connectivity index (χ1n) is 6.06. The molecular formula is C11H15N5O3S. The van der Waals surface area contributed by atoms with E-state index in [9.17, 15) is 14.4 Å². The molecule has 20 heavy (non-hydrogen) atoms. The summed E-state index contributed by atoms with van der Waals surface area (Å²) in [7, 11) is 1.53. The highest BCUT2D eigenvalue weighted by molar-refractivity contribution is 7.99. The van der Waals surface area contributed by atoms with Crippen molar-refractivity contribution in [2.45, 2.75) is 25.0 Å². The van der Waals surface area contributed by atoms with Crippen molar-refractivity contribution < 1.29 is 4.79 Å². The summed E-state index contributed by atoms with van der Waals surface area (Å²) in [5, 5.41) is 0.507. The molecule has 2 aromatic rings. The van der Waals surface area contributed by atoms with E-state index in [4.69, 9.17) is 5.73 Å². The lowest BCUT2D eigenvalue weighted by atomic mass is 10.4.